The van der Waals surface area contributed by atoms with Gasteiger partial charge in [0, 0.05) is 23.5 Å². The average Bonchev–Trinajstić information content (AvgIpc) is 2.74. The Morgan fingerprint density at radius 1 is 1.27 bits per heavy atom. The molecule has 2 atom stereocenters. The van der Waals surface area contributed by atoms with E-state index in [0.717, 1.165) is 30.4 Å². The predicted octanol–water partition coefficient (Wildman–Crippen LogP) is 4.02. The Morgan fingerprint density at radius 2 is 2.13 bits per heavy atom. The maximum absolute atomic E-state index is 11.7. The number of aliphatic hydroxyl groups excluding tert-OH is 1. The van der Waals surface area contributed by atoms with Crippen molar-refractivity contribution in [2.24, 2.45) is 0 Å². The first kappa shape index (κ1) is 21.7. The third-order valence-electron chi connectivity index (χ3n) is 4.81. The largest absolute Gasteiger partial charge is 0.528 e. The average molecular weight is 424 g/mol. The van der Waals surface area contributed by atoms with Gasteiger partial charge in [0.1, 0.15) is 11.9 Å². The summed E-state index contributed by atoms with van der Waals surface area (Å²) in [7, 11) is 0. The molecule has 154 valence electrons. The number of benzene rings is 2. The molecule has 3 rings (SSSR count). The molecule has 0 saturated carbocycles. The maximum atomic E-state index is 11.7. The van der Waals surface area contributed by atoms with Crippen LogP contribution in [0.25, 0.3) is 0 Å². The van der Waals surface area contributed by atoms with Crippen molar-refractivity contribution >= 4 is 17.8 Å². The lowest BCUT2D eigenvalue weighted by atomic mass is 9.88. The Hall–Kier alpha value is -2.96. The van der Waals surface area contributed by atoms with Crippen molar-refractivity contribution in [2.75, 3.05) is 6.54 Å². The molecule has 0 spiro atoms. The Kier molecular flexibility index (Phi) is 7.76. The number of carbonyl (C=O) groups is 1. The molecule has 1 aliphatic carbocycles. The minimum absolute atomic E-state index is 0.215. The Bertz CT molecular complexity index is 1030. The summed E-state index contributed by atoms with van der Waals surface area (Å²) in [6, 6.07) is 13.0. The molecule has 0 radical (unpaired) electrons. The van der Waals surface area contributed by atoms with Crippen LogP contribution in [0, 0.1) is 23.9 Å². The Labute approximate surface area is 181 Å². The summed E-state index contributed by atoms with van der Waals surface area (Å²) in [5, 5.41) is 14.4. The number of carbonyl (C=O) groups excluding carboxylic acids is 1. The van der Waals surface area contributed by atoms with Crippen LogP contribution in [0.5, 0.6) is 5.75 Å². The first-order valence-electron chi connectivity index (χ1n) is 9.64. The van der Waals surface area contributed by atoms with E-state index in [1.165, 1.54) is 5.56 Å². The molecule has 0 saturated heterocycles. The number of aliphatic hydroxyl groups is 1. The number of nitrogens with one attached hydrogen (secondary N) is 1. The van der Waals surface area contributed by atoms with Gasteiger partial charge in [0.05, 0.1) is 6.10 Å². The highest BCUT2D eigenvalue weighted by atomic mass is 35.5. The predicted molar refractivity (Wildman–Crippen MR) is 115 cm³/mol. The fourth-order valence-corrected chi connectivity index (χ4v) is 3.55. The van der Waals surface area contributed by atoms with Gasteiger partial charge in [0.25, 0.3) is 0 Å². The van der Waals surface area contributed by atoms with Crippen LogP contribution in [-0.2, 0) is 17.6 Å². The van der Waals surface area contributed by atoms with E-state index < -0.39 is 12.3 Å². The lowest BCUT2D eigenvalue weighted by Gasteiger charge is -2.27. The molecular weight excluding hydrogens is 402 g/mol. The molecule has 2 aromatic rings. The summed E-state index contributed by atoms with van der Waals surface area (Å²) in [6.07, 6.45) is 3.30. The lowest BCUT2D eigenvalue weighted by molar-refractivity contribution is 0.142. The summed E-state index contributed by atoms with van der Waals surface area (Å²) in [5.74, 6) is 7.83. The third kappa shape index (κ3) is 6.27. The van der Waals surface area contributed by atoms with Crippen molar-refractivity contribution in [2.45, 2.75) is 38.3 Å². The number of fused-ring (bicyclic) bond motifs is 1. The first-order chi connectivity index (χ1) is 14.5. The fourth-order valence-electron chi connectivity index (χ4n) is 3.35. The second kappa shape index (κ2) is 10.7. The van der Waals surface area contributed by atoms with Gasteiger partial charge < -0.3 is 19.9 Å². The zero-order valence-electron chi connectivity index (χ0n) is 16.6. The summed E-state index contributed by atoms with van der Waals surface area (Å²) >= 11 is 6.00. The van der Waals surface area contributed by atoms with E-state index in [1.807, 2.05) is 24.3 Å². The SMILES string of the molecule is CC#CC#COC(=O)Oc1ccc2c(c1)CC(NCC(O)c1cccc(Cl)c1)CC2. The molecule has 6 heteroatoms. The van der Waals surface area contributed by atoms with Crippen molar-refractivity contribution in [1.82, 2.24) is 5.32 Å². The van der Waals surface area contributed by atoms with Gasteiger partial charge >= 0.3 is 6.16 Å². The maximum Gasteiger partial charge on any atom is 0.528 e. The summed E-state index contributed by atoms with van der Waals surface area (Å²) in [6.45, 7) is 2.07. The van der Waals surface area contributed by atoms with Crippen molar-refractivity contribution in [3.63, 3.8) is 0 Å². The van der Waals surface area contributed by atoms with Crippen LogP contribution in [0.15, 0.2) is 42.5 Å². The second-order valence-corrected chi connectivity index (χ2v) is 7.34. The summed E-state index contributed by atoms with van der Waals surface area (Å²) < 4.78 is 9.83. The lowest BCUT2D eigenvalue weighted by Crippen LogP contribution is -2.37. The van der Waals surface area contributed by atoms with E-state index in [-0.39, 0.29) is 6.04 Å². The Balaban J connectivity index is 1.55. The van der Waals surface area contributed by atoms with Crippen molar-refractivity contribution < 1.29 is 19.4 Å². The van der Waals surface area contributed by atoms with Crippen LogP contribution in [-0.4, -0.2) is 23.8 Å². The molecule has 2 N–H and O–H groups in total. The molecule has 0 aliphatic heterocycles. The van der Waals surface area contributed by atoms with Gasteiger partial charge in [-0.25, -0.2) is 4.79 Å². The van der Waals surface area contributed by atoms with E-state index >= 15 is 0 Å². The molecular formula is C24H22ClNO4. The standard InChI is InChI=1S/C24H22ClNO4/c1-2-3-4-12-29-24(28)30-22-11-9-17-8-10-21(14-19(17)15-22)26-16-23(27)18-6-5-7-20(25)13-18/h5-7,9,11,13,15,21,23,26-27H,8,10,14,16H2,1H3. The smallest absolute Gasteiger partial charge is 0.394 e. The minimum Gasteiger partial charge on any atom is -0.394 e. The highest BCUT2D eigenvalue weighted by Gasteiger charge is 2.20. The highest BCUT2D eigenvalue weighted by Crippen LogP contribution is 2.26. The van der Waals surface area contributed by atoms with Crippen LogP contribution in [0.2, 0.25) is 5.02 Å². The van der Waals surface area contributed by atoms with Crippen LogP contribution in [0.3, 0.4) is 0 Å². The number of aryl methyl sites for hydroxylation is 1. The van der Waals surface area contributed by atoms with E-state index in [9.17, 15) is 9.90 Å². The van der Waals surface area contributed by atoms with Crippen molar-refractivity contribution in [3.8, 4) is 29.6 Å². The monoisotopic (exact) mass is 423 g/mol. The molecule has 30 heavy (non-hydrogen) atoms. The van der Waals surface area contributed by atoms with E-state index in [0.29, 0.717) is 17.3 Å². The summed E-state index contributed by atoms with van der Waals surface area (Å²) in [4.78, 5) is 11.7. The number of halogens is 1. The fraction of sp³-hybridized carbons (Fsp3) is 0.292. The molecule has 2 unspecified atom stereocenters. The second-order valence-electron chi connectivity index (χ2n) is 6.91. The topological polar surface area (TPSA) is 67.8 Å². The zero-order chi connectivity index (χ0) is 21.3. The van der Waals surface area contributed by atoms with E-state index in [4.69, 9.17) is 16.3 Å². The molecule has 5 nitrogen and oxygen atoms in total. The van der Waals surface area contributed by atoms with Gasteiger partial charge in [0.2, 0.25) is 0 Å². The Morgan fingerprint density at radius 3 is 2.93 bits per heavy atom. The first-order valence-corrected chi connectivity index (χ1v) is 10.0. The van der Waals surface area contributed by atoms with E-state index in [2.05, 4.69) is 33.9 Å². The van der Waals surface area contributed by atoms with Gasteiger partial charge in [-0.2, -0.15) is 0 Å². The molecule has 0 amide bonds. The van der Waals surface area contributed by atoms with Crippen molar-refractivity contribution in [3.05, 3.63) is 64.2 Å². The van der Waals surface area contributed by atoms with Gasteiger partial charge in [-0.3, -0.25) is 0 Å². The van der Waals surface area contributed by atoms with Crippen LogP contribution in [0.1, 0.15) is 36.1 Å². The molecule has 0 heterocycles. The molecule has 0 bridgehead atoms. The third-order valence-corrected chi connectivity index (χ3v) is 5.05. The number of ether oxygens (including phenoxy) is 2. The van der Waals surface area contributed by atoms with Crippen molar-refractivity contribution in [1.29, 1.82) is 0 Å². The zero-order valence-corrected chi connectivity index (χ0v) is 17.3. The van der Waals surface area contributed by atoms with Gasteiger partial charge in [-0.1, -0.05) is 35.7 Å². The minimum atomic E-state index is -0.893. The molecule has 0 fully saturated rings. The molecule has 2 aromatic carbocycles. The van der Waals surface area contributed by atoms with Crippen LogP contribution < -0.4 is 10.1 Å². The van der Waals surface area contributed by atoms with Gasteiger partial charge in [0.15, 0.2) is 0 Å². The van der Waals surface area contributed by atoms with Crippen LogP contribution >= 0.6 is 11.6 Å². The normalized spacial score (nSPS) is 15.5. The van der Waals surface area contributed by atoms with Gasteiger partial charge in [-0.15, -0.1) is 0 Å². The quantitative estimate of drug-likeness (QED) is 0.432. The summed E-state index contributed by atoms with van der Waals surface area (Å²) in [5.41, 5.74) is 3.11. The molecule has 1 aliphatic rings. The molecule has 0 aromatic heterocycles. The number of rotatable bonds is 5. The van der Waals surface area contributed by atoms with Gasteiger partial charge in [-0.05, 0) is 73.1 Å². The highest BCUT2D eigenvalue weighted by molar-refractivity contribution is 6.30. The number of hydrogen-bond acceptors (Lipinski definition) is 5. The van der Waals surface area contributed by atoms with E-state index in [1.54, 1.807) is 25.1 Å². The van der Waals surface area contributed by atoms with Crippen LogP contribution in [0.4, 0.5) is 4.79 Å². The number of hydrogen-bond donors (Lipinski definition) is 2.